The van der Waals surface area contributed by atoms with Gasteiger partial charge in [-0.15, -0.1) is 6.58 Å². The number of rotatable bonds is 30. The number of benzene rings is 1. The second-order valence-corrected chi connectivity index (χ2v) is 38.5. The van der Waals surface area contributed by atoms with E-state index >= 15 is 0 Å². The van der Waals surface area contributed by atoms with Crippen LogP contribution in [0.3, 0.4) is 0 Å². The van der Waals surface area contributed by atoms with E-state index in [0.717, 1.165) is 60.8 Å². The maximum atomic E-state index is 14.6. The van der Waals surface area contributed by atoms with Crippen LogP contribution in [0.25, 0.3) is 0 Å². The number of nitrogens with two attached hydrogens (primary N) is 2. The minimum absolute atomic E-state index is 0.00988. The number of phenols is 1. The summed E-state index contributed by atoms with van der Waals surface area (Å²) in [6, 6.07) is -7.54. The predicted octanol–water partition coefficient (Wildman–Crippen LogP) is 1.33. The minimum atomic E-state index is -2.51. The number of amides is 8. The first-order valence-electron chi connectivity index (χ1n) is 48.2. The number of aliphatic hydroxyl groups is 10. The number of nitrogens with one attached hydrogen (secondary N) is 6. The van der Waals surface area contributed by atoms with Gasteiger partial charge in [0.1, 0.15) is 84.4 Å². The van der Waals surface area contributed by atoms with Crippen molar-refractivity contribution in [1.82, 2.24) is 46.6 Å². The van der Waals surface area contributed by atoms with Crippen LogP contribution < -0.4 is 43.4 Å². The normalized spacial score (nSPS) is 33.9. The number of piperidine rings is 1. The number of allylic oxidation sites excluding steroid dienone is 4. The van der Waals surface area contributed by atoms with E-state index in [9.17, 15) is 109 Å². The van der Waals surface area contributed by atoms with Crippen LogP contribution in [0.5, 0.6) is 5.75 Å². The highest BCUT2D eigenvalue weighted by molar-refractivity contribution is 6.39. The first-order valence-corrected chi connectivity index (χ1v) is 48.2. The van der Waals surface area contributed by atoms with Gasteiger partial charge in [0, 0.05) is 97.5 Å². The topological polar surface area (TPSA) is 590 Å². The Morgan fingerprint density at radius 2 is 1.31 bits per heavy atom. The van der Waals surface area contributed by atoms with E-state index in [1.807, 2.05) is 32.9 Å². The molecule has 6 fully saturated rings. The number of nitrogens with zero attached hydrogens (tertiary/aromatic N) is 3. The predicted molar refractivity (Wildman–Crippen MR) is 493 cm³/mol. The summed E-state index contributed by atoms with van der Waals surface area (Å²) in [5.41, 5.74) is 13.1. The zero-order chi connectivity index (χ0) is 99.3. The molecule has 134 heavy (non-hydrogen) atoms. The third-order valence-electron chi connectivity index (χ3n) is 27.8. The van der Waals surface area contributed by atoms with Gasteiger partial charge in [-0.05, 0) is 164 Å². The van der Waals surface area contributed by atoms with Gasteiger partial charge in [0.15, 0.2) is 0 Å². The molecule has 6 aliphatic heterocycles. The van der Waals surface area contributed by atoms with Crippen molar-refractivity contribution >= 4 is 64.8 Å². The molecule has 1 saturated carbocycles. The number of fused-ring (bicyclic) bond motifs is 5. The zero-order valence-electron chi connectivity index (χ0n) is 80.4. The van der Waals surface area contributed by atoms with Crippen molar-refractivity contribution in [2.24, 2.45) is 52.9 Å². The summed E-state index contributed by atoms with van der Waals surface area (Å²) in [6.07, 6.45) is -2.01. The van der Waals surface area contributed by atoms with Gasteiger partial charge in [-0.1, -0.05) is 122 Å². The molecule has 1 aliphatic carbocycles. The van der Waals surface area contributed by atoms with Gasteiger partial charge >= 0.3 is 5.97 Å². The van der Waals surface area contributed by atoms with E-state index in [-0.39, 0.29) is 106 Å². The molecule has 5 saturated heterocycles. The summed E-state index contributed by atoms with van der Waals surface area (Å²) in [5, 5.41) is 139. The molecule has 2 bridgehead atoms. The Kier molecular flexibility index (Phi) is 46.0. The second-order valence-electron chi connectivity index (χ2n) is 38.5. The summed E-state index contributed by atoms with van der Waals surface area (Å²) < 4.78 is 29.7. The molecule has 6 heterocycles. The van der Waals surface area contributed by atoms with Gasteiger partial charge in [-0.25, -0.2) is 4.79 Å². The molecule has 30 atom stereocenters. The smallest absolute Gasteiger partial charge is 0.329 e. The number of phenolic OH excluding ortho intramolecular Hbond substituents is 1. The average Bonchev–Trinajstić information content (AvgIpc) is 1.01. The molecule has 38 nitrogen and oxygen atoms in total. The van der Waals surface area contributed by atoms with Crippen LogP contribution in [0.4, 0.5) is 0 Å². The number of unbranched alkanes of at least 4 members (excludes halogenated alkanes) is 5. The summed E-state index contributed by atoms with van der Waals surface area (Å²) in [5.74, 6) is -14.2. The van der Waals surface area contributed by atoms with Crippen molar-refractivity contribution in [3.63, 3.8) is 0 Å². The van der Waals surface area contributed by atoms with Crippen molar-refractivity contribution in [2.75, 3.05) is 60.6 Å². The fourth-order valence-electron chi connectivity index (χ4n) is 19.7. The number of Topliss-reactive ketones (excluding diaryl/α,β-unsaturated/α-hetero) is 2. The Morgan fingerprint density at radius 1 is 0.672 bits per heavy atom. The van der Waals surface area contributed by atoms with Gasteiger partial charge in [0.05, 0.1) is 61.0 Å². The maximum Gasteiger partial charge on any atom is 0.329 e. The number of methoxy groups -OCH3 is 3. The lowest BCUT2D eigenvalue weighted by atomic mass is 9.81. The van der Waals surface area contributed by atoms with Crippen molar-refractivity contribution < 1.29 is 133 Å². The highest BCUT2D eigenvalue weighted by atomic mass is 16.7. The third kappa shape index (κ3) is 31.3. The van der Waals surface area contributed by atoms with Crippen LogP contribution in [0, 0.1) is 41.4 Å². The van der Waals surface area contributed by atoms with Gasteiger partial charge in [-0.2, -0.15) is 0 Å². The molecule has 8 amide bonds. The van der Waals surface area contributed by atoms with Gasteiger partial charge < -0.3 is 133 Å². The molecule has 8 rings (SSSR count). The van der Waals surface area contributed by atoms with Gasteiger partial charge in [-0.3, -0.25) is 53.3 Å². The summed E-state index contributed by atoms with van der Waals surface area (Å²) in [7, 11) is 4.61. The number of carbonyl (C=O) groups excluding carboxylic acids is 11. The molecule has 0 spiro atoms. The molecule has 4 unspecified atom stereocenters. The molecule has 7 aliphatic rings. The van der Waals surface area contributed by atoms with Crippen molar-refractivity contribution in [1.29, 1.82) is 0 Å². The molecule has 21 N–H and O–H groups in total. The number of carbonyl (C=O) groups is 11. The Labute approximate surface area is 788 Å². The molecule has 1 aromatic carbocycles. The molecule has 0 aromatic heterocycles. The maximum absolute atomic E-state index is 14.6. The average molecular weight is 1900 g/mol. The number of hydrogen-bond acceptors (Lipinski definition) is 30. The first-order chi connectivity index (χ1) is 63.5. The van der Waals surface area contributed by atoms with E-state index in [2.05, 4.69) is 59.3 Å². The molecular formula is C96H157N11O27. The standard InChI is InChI=1S/C52H88N10O15.C44H69NO12/c1-5-28(2)24-29(3)12-10-8-6-7-9-11-13-39(69)56-34-26-38(68)46(55-22-21-54)60-50(75)43-37(67)19-23-61(43)52(77)41(36(66)18-20-53)58-49(74)42(45(71)44(70)31-14-16-32(64)17-15-31)59-48(73)35-25-33(65)27-62(35)51(76)40(30(4)63)57-47(34)72;1-10-13-31-19-25(2)18-26(3)20-37(54-8)40-38(55-9)22-28(5)44(52,57-40)41(49)42(50)45-17-12-11-14-32(45)43(51)56-39(29(6)34(47)24-35(31)48)27(4)21-30-15-16-33(46)36(23-30)53-7/h14-17,28-30,33-38,40-46,55,63-68,70-71H,5-13,18-27,53-54H2,1-4H3,(H,56,69)(H,57,72)(H,58,74)(H,59,73)(H,60,75);10,19,21,26,28-34,36-40,46-47,52H,1,11-18,20,22-24H2,2-9H3/b;25-19+,27-21+/t28?,29?,30-,33-,34-,35+,36-,37+,38+,40+,41+,42+,43+,44+,45+,46+;26-,28+,29+,30?,31+,32-,33?,34-,36+,37-,38-,39+,40+,44+/m10/s1. The third-order valence-corrected chi connectivity index (χ3v) is 27.8. The van der Waals surface area contributed by atoms with Crippen molar-refractivity contribution in [2.45, 2.75) is 363 Å². The van der Waals surface area contributed by atoms with Gasteiger partial charge in [0.2, 0.25) is 47.1 Å². The zero-order valence-corrected chi connectivity index (χ0v) is 80.4. The van der Waals surface area contributed by atoms with Crippen LogP contribution in [-0.4, -0.2) is 330 Å². The quantitative estimate of drug-likeness (QED) is 0.0224. The SMILES string of the molecule is C=CC[C@@H]1/C=C(\C)C[C@H](C)C[C@H](OC)[C@H]2O[C@@](O)(C(=O)C(=O)N3CCCC[C@H]3C(=O)O[C@H](/C(C)=C/C3CCC(O)[C@H](OC)C3)[C@H](C)[C@@H](O)CC1=O)[C@H](C)C[C@@H]2OC.CCC(C)CC(C)CCCCCCCCC(=O)N[C@@H]1C[C@H](O)[C@@H](NCCN)NC(=O)[C@@H]2[C@@H](O)CCN2C(=O)[C@H]([C@H](O)CCN)NC(=O)[C@H]([C@H](O)[C@@H](O)c2ccc(O)cc2)NC(=O)[C@@H]2C[C@@H](O)CN2C(=O)[C@H]([C@@H](C)O)NC1=O. The van der Waals surface area contributed by atoms with Crippen LogP contribution in [0.2, 0.25) is 0 Å². The largest absolute Gasteiger partial charge is 0.508 e. The Balaban J connectivity index is 0.000000382. The number of esters is 1. The molecular weight excluding hydrogens is 1740 g/mol. The Bertz CT molecular complexity index is 4050. The Hall–Kier alpha value is -7.87. The van der Waals surface area contributed by atoms with E-state index in [1.54, 1.807) is 27.0 Å². The van der Waals surface area contributed by atoms with E-state index in [0.29, 0.717) is 81.6 Å². The molecule has 0 radical (unpaired) electrons. The number of hydrogen-bond donors (Lipinski definition) is 19. The van der Waals surface area contributed by atoms with Gasteiger partial charge in [0.25, 0.3) is 11.7 Å². The lowest BCUT2D eigenvalue weighted by Crippen LogP contribution is -2.65. The van der Waals surface area contributed by atoms with Crippen LogP contribution >= 0.6 is 0 Å². The highest BCUT2D eigenvalue weighted by Gasteiger charge is 2.58. The van der Waals surface area contributed by atoms with Crippen molar-refractivity contribution in [3.8, 4) is 5.75 Å². The number of aromatic hydroxyl groups is 1. The lowest BCUT2D eigenvalue weighted by molar-refractivity contribution is -0.302. The van der Waals surface area contributed by atoms with Crippen LogP contribution in [0.15, 0.2) is 60.2 Å². The summed E-state index contributed by atoms with van der Waals surface area (Å²) in [4.78, 5) is 160. The minimum Gasteiger partial charge on any atom is -0.508 e. The number of ketones is 2. The number of aliphatic hydroxyl groups excluding tert-OH is 9. The number of ether oxygens (including phenoxy) is 5. The van der Waals surface area contributed by atoms with Crippen molar-refractivity contribution in [3.05, 3.63) is 65.8 Å². The molecule has 1 aromatic rings. The highest BCUT2D eigenvalue weighted by Crippen LogP contribution is 2.41. The van der Waals surface area contributed by atoms with E-state index in [1.165, 1.54) is 49.8 Å². The number of cyclic esters (lactones) is 1. The first kappa shape index (κ1) is 113. The van der Waals surface area contributed by atoms with Crippen LogP contribution in [-0.2, 0) is 76.4 Å². The van der Waals surface area contributed by atoms with Crippen LogP contribution in [0.1, 0.15) is 235 Å². The Morgan fingerprint density at radius 3 is 1.96 bits per heavy atom. The fraction of sp³-hybridized carbons (Fsp3) is 0.760. The van der Waals surface area contributed by atoms with E-state index < -0.39 is 230 Å². The molecule has 38 heteroatoms. The fourth-order valence-corrected chi connectivity index (χ4v) is 19.7. The lowest BCUT2D eigenvalue weighted by Gasteiger charge is -2.47. The molecule has 758 valence electrons. The summed E-state index contributed by atoms with van der Waals surface area (Å²) in [6.45, 7) is 19.9. The second kappa shape index (κ2) is 54.5. The van der Waals surface area contributed by atoms with E-state index in [4.69, 9.17) is 35.2 Å². The monoisotopic (exact) mass is 1900 g/mol. The summed E-state index contributed by atoms with van der Waals surface area (Å²) >= 11 is 0.